The first-order valence-electron chi connectivity index (χ1n) is 7.71. The summed E-state index contributed by atoms with van der Waals surface area (Å²) in [5.74, 6) is 0. The zero-order valence-corrected chi connectivity index (χ0v) is 12.8. The van der Waals surface area contributed by atoms with Gasteiger partial charge in [-0.2, -0.15) is 0 Å². The van der Waals surface area contributed by atoms with Crippen molar-refractivity contribution in [2.75, 3.05) is 0 Å². The Morgan fingerprint density at radius 1 is 0.895 bits per heavy atom. The smallest absolute Gasteiger partial charge is 0.0225 e. The number of hydrogen-bond acceptors (Lipinski definition) is 0. The molecule has 0 spiro atoms. The van der Waals surface area contributed by atoms with Gasteiger partial charge in [0.2, 0.25) is 0 Å². The Labute approximate surface area is 119 Å². The third kappa shape index (κ3) is 6.42. The molecule has 19 heavy (non-hydrogen) atoms. The largest absolute Gasteiger partial charge is 0.0839 e. The van der Waals surface area contributed by atoms with E-state index in [1.807, 2.05) is 0 Å². The van der Waals surface area contributed by atoms with Gasteiger partial charge in [0, 0.05) is 0 Å². The Hall–Kier alpha value is -1.30. The lowest BCUT2D eigenvalue weighted by Crippen LogP contribution is -1.82. The topological polar surface area (TPSA) is 0 Å². The van der Waals surface area contributed by atoms with Crippen molar-refractivity contribution < 1.29 is 0 Å². The predicted octanol–water partition coefficient (Wildman–Crippen LogP) is 6.40. The lowest BCUT2D eigenvalue weighted by molar-refractivity contribution is 0.816. The van der Waals surface area contributed by atoms with Crippen molar-refractivity contribution in [2.45, 2.75) is 59.3 Å². The van der Waals surface area contributed by atoms with Crippen LogP contribution >= 0.6 is 0 Å². The van der Waals surface area contributed by atoms with Crippen molar-refractivity contribution in [3.05, 3.63) is 47.0 Å². The van der Waals surface area contributed by atoms with E-state index in [9.17, 15) is 0 Å². The first kappa shape index (κ1) is 15.8. The highest BCUT2D eigenvalue weighted by Gasteiger charge is 1.95. The molecule has 0 aliphatic heterocycles. The monoisotopic (exact) mass is 256 g/mol. The lowest BCUT2D eigenvalue weighted by atomic mass is 10.0. The van der Waals surface area contributed by atoms with Gasteiger partial charge in [0.05, 0.1) is 0 Å². The molecule has 1 aromatic rings. The molecule has 0 bridgehead atoms. The molecule has 104 valence electrons. The van der Waals surface area contributed by atoms with Crippen molar-refractivity contribution in [3.8, 4) is 0 Å². The van der Waals surface area contributed by atoms with E-state index in [1.165, 1.54) is 55.2 Å². The first-order chi connectivity index (χ1) is 9.27. The van der Waals surface area contributed by atoms with Crippen molar-refractivity contribution in [2.24, 2.45) is 0 Å². The molecule has 0 aliphatic carbocycles. The van der Waals surface area contributed by atoms with Crippen LogP contribution in [0.3, 0.4) is 0 Å². The van der Waals surface area contributed by atoms with Crippen molar-refractivity contribution in [1.82, 2.24) is 0 Å². The molecule has 1 rings (SSSR count). The minimum atomic E-state index is 1.19. The highest BCUT2D eigenvalue weighted by atomic mass is 14.0. The van der Waals surface area contributed by atoms with E-state index in [4.69, 9.17) is 0 Å². The quantitative estimate of drug-likeness (QED) is 0.472. The number of unbranched alkanes of at least 4 members (excludes halogenated alkanes) is 4. The van der Waals surface area contributed by atoms with Crippen molar-refractivity contribution in [3.63, 3.8) is 0 Å². The summed E-state index contributed by atoms with van der Waals surface area (Å²) in [5.41, 5.74) is 4.03. The summed E-state index contributed by atoms with van der Waals surface area (Å²) in [4.78, 5) is 0. The molecule has 0 radical (unpaired) electrons. The van der Waals surface area contributed by atoms with Gasteiger partial charge in [-0.3, -0.25) is 0 Å². The average molecular weight is 256 g/mol. The fraction of sp³-hybridized carbons (Fsp3) is 0.474. The lowest BCUT2D eigenvalue weighted by Gasteiger charge is -2.02. The van der Waals surface area contributed by atoms with Crippen LogP contribution in [0.2, 0.25) is 0 Å². The molecule has 0 N–H and O–H groups in total. The Bertz CT molecular complexity index is 410. The molecule has 1 aromatic carbocycles. The van der Waals surface area contributed by atoms with Gasteiger partial charge in [0.15, 0.2) is 0 Å². The highest BCUT2D eigenvalue weighted by molar-refractivity contribution is 5.60. The minimum absolute atomic E-state index is 1.19. The van der Waals surface area contributed by atoms with Gasteiger partial charge in [0.1, 0.15) is 0 Å². The van der Waals surface area contributed by atoms with Crippen LogP contribution in [0.5, 0.6) is 0 Å². The van der Waals surface area contributed by atoms with E-state index in [0.717, 1.165) is 0 Å². The maximum absolute atomic E-state index is 2.30. The summed E-state index contributed by atoms with van der Waals surface area (Å²) >= 11 is 0. The van der Waals surface area contributed by atoms with Crippen LogP contribution in [-0.2, 0) is 0 Å². The third-order valence-corrected chi connectivity index (χ3v) is 3.36. The van der Waals surface area contributed by atoms with E-state index in [0.29, 0.717) is 0 Å². The zero-order valence-electron chi connectivity index (χ0n) is 12.8. The van der Waals surface area contributed by atoms with Gasteiger partial charge in [-0.15, -0.1) is 0 Å². The van der Waals surface area contributed by atoms with Crippen LogP contribution in [0.25, 0.3) is 12.2 Å². The summed E-state index contributed by atoms with van der Waals surface area (Å²) in [6, 6.07) is 6.72. The van der Waals surface area contributed by atoms with Gasteiger partial charge >= 0.3 is 0 Å². The zero-order chi connectivity index (χ0) is 13.9. The molecule has 0 aromatic heterocycles. The molecule has 0 fully saturated rings. The summed E-state index contributed by atoms with van der Waals surface area (Å²) in [7, 11) is 0. The maximum Gasteiger partial charge on any atom is -0.0225 e. The van der Waals surface area contributed by atoms with Gasteiger partial charge in [-0.25, -0.2) is 0 Å². The summed E-state index contributed by atoms with van der Waals surface area (Å²) in [6.07, 6.45) is 16.6. The molecule has 0 aliphatic rings. The highest BCUT2D eigenvalue weighted by Crippen LogP contribution is 2.15. The second-order valence-electron chi connectivity index (χ2n) is 5.21. The predicted molar refractivity (Wildman–Crippen MR) is 88.3 cm³/mol. The second-order valence-corrected chi connectivity index (χ2v) is 5.21. The normalized spacial score (nSPS) is 11.7. The van der Waals surface area contributed by atoms with Crippen molar-refractivity contribution >= 4 is 12.2 Å². The fourth-order valence-electron chi connectivity index (χ4n) is 2.02. The number of allylic oxidation sites excluding steroid dienone is 2. The number of hydrogen-bond donors (Lipinski definition) is 0. The Morgan fingerprint density at radius 3 is 2.16 bits per heavy atom. The Kier molecular flexibility index (Phi) is 7.97. The maximum atomic E-state index is 2.30. The number of benzene rings is 1. The van der Waals surface area contributed by atoms with Gasteiger partial charge in [-0.1, -0.05) is 76.0 Å². The SMILES string of the molecule is CCCCC=Cc1ccc(C)c(C=CCCCC)c1. The number of aryl methyl sites for hydroxylation is 1. The van der Waals surface area contributed by atoms with Crippen LogP contribution in [0.15, 0.2) is 30.4 Å². The number of rotatable bonds is 8. The molecule has 0 heterocycles. The molecule has 0 unspecified atom stereocenters. The molecule has 0 nitrogen and oxygen atoms in total. The van der Waals surface area contributed by atoms with Crippen LogP contribution < -0.4 is 0 Å². The van der Waals surface area contributed by atoms with Crippen LogP contribution in [0.1, 0.15) is 69.1 Å². The Morgan fingerprint density at radius 2 is 1.53 bits per heavy atom. The molecule has 0 atom stereocenters. The van der Waals surface area contributed by atoms with E-state index in [1.54, 1.807) is 0 Å². The van der Waals surface area contributed by atoms with E-state index in [2.05, 4.69) is 63.3 Å². The molecule has 0 amide bonds. The summed E-state index contributed by atoms with van der Waals surface area (Å²) in [5, 5.41) is 0. The molecule has 0 saturated heterocycles. The van der Waals surface area contributed by atoms with E-state index < -0.39 is 0 Å². The standard InChI is InChI=1S/C19H28/c1-4-6-8-10-12-18-15-14-17(3)19(16-18)13-11-9-7-5-2/h10-16H,4-9H2,1-3H3. The van der Waals surface area contributed by atoms with Gasteiger partial charge < -0.3 is 0 Å². The minimum Gasteiger partial charge on any atom is -0.0839 e. The van der Waals surface area contributed by atoms with Crippen LogP contribution in [-0.4, -0.2) is 0 Å². The van der Waals surface area contributed by atoms with Crippen molar-refractivity contribution in [1.29, 1.82) is 0 Å². The second kappa shape index (κ2) is 9.61. The van der Waals surface area contributed by atoms with E-state index in [-0.39, 0.29) is 0 Å². The molecule has 0 heteroatoms. The fourth-order valence-corrected chi connectivity index (χ4v) is 2.02. The first-order valence-corrected chi connectivity index (χ1v) is 7.71. The third-order valence-electron chi connectivity index (χ3n) is 3.36. The molecular weight excluding hydrogens is 228 g/mol. The Balaban J connectivity index is 2.65. The van der Waals surface area contributed by atoms with Crippen LogP contribution in [0.4, 0.5) is 0 Å². The van der Waals surface area contributed by atoms with Gasteiger partial charge in [-0.05, 0) is 42.5 Å². The average Bonchev–Trinajstić information content (AvgIpc) is 2.42. The van der Waals surface area contributed by atoms with Gasteiger partial charge in [0.25, 0.3) is 0 Å². The molecular formula is C19H28. The van der Waals surface area contributed by atoms with E-state index >= 15 is 0 Å². The molecule has 0 saturated carbocycles. The van der Waals surface area contributed by atoms with Crippen LogP contribution in [0, 0.1) is 6.92 Å². The summed E-state index contributed by atoms with van der Waals surface area (Å²) < 4.78 is 0. The summed E-state index contributed by atoms with van der Waals surface area (Å²) in [6.45, 7) is 6.66.